The lowest BCUT2D eigenvalue weighted by atomic mass is 10.3. The number of methoxy groups -OCH3 is 1. The van der Waals surface area contributed by atoms with Crippen molar-refractivity contribution in [3.05, 3.63) is 18.2 Å². The van der Waals surface area contributed by atoms with Crippen LogP contribution in [0, 0.1) is 0 Å². The summed E-state index contributed by atoms with van der Waals surface area (Å²) >= 11 is 0. The number of hydrogen-bond donors (Lipinski definition) is 2. The van der Waals surface area contributed by atoms with Gasteiger partial charge >= 0.3 is 5.97 Å². The quantitative estimate of drug-likeness (QED) is 0.750. The van der Waals surface area contributed by atoms with Crippen LogP contribution in [0.2, 0.25) is 0 Å². The van der Waals surface area contributed by atoms with Crippen LogP contribution in [-0.4, -0.2) is 29.9 Å². The van der Waals surface area contributed by atoms with Crippen molar-refractivity contribution in [1.29, 1.82) is 0 Å². The van der Waals surface area contributed by atoms with Gasteiger partial charge in [0.1, 0.15) is 5.75 Å². The van der Waals surface area contributed by atoms with E-state index in [0.29, 0.717) is 5.75 Å². The second kappa shape index (κ2) is 4.36. The van der Waals surface area contributed by atoms with E-state index >= 15 is 0 Å². The van der Waals surface area contributed by atoms with Gasteiger partial charge in [-0.1, -0.05) is 0 Å². The fourth-order valence-corrected chi connectivity index (χ4v) is 0.915. The molecule has 0 unspecified atom stereocenters. The van der Waals surface area contributed by atoms with E-state index in [2.05, 4.69) is 0 Å². The topological polar surface area (TPSA) is 76.0 Å². The van der Waals surface area contributed by atoms with Crippen molar-refractivity contribution in [2.24, 2.45) is 0 Å². The monoisotopic (exact) mass is 198 g/mol. The molecule has 76 valence electrons. The first-order valence-electron chi connectivity index (χ1n) is 3.85. The molecule has 14 heavy (non-hydrogen) atoms. The molecule has 0 aromatic heterocycles. The maximum absolute atomic E-state index is 10.2. The van der Waals surface area contributed by atoms with E-state index in [4.69, 9.17) is 19.7 Å². The van der Waals surface area contributed by atoms with Crippen LogP contribution < -0.4 is 9.47 Å². The van der Waals surface area contributed by atoms with Crippen LogP contribution in [0.15, 0.2) is 18.2 Å². The Bertz CT molecular complexity index is 334. The highest BCUT2D eigenvalue weighted by atomic mass is 16.5. The number of hydrogen-bond acceptors (Lipinski definition) is 4. The summed E-state index contributed by atoms with van der Waals surface area (Å²) in [6, 6.07) is 4.17. The summed E-state index contributed by atoms with van der Waals surface area (Å²) in [6.45, 7) is -0.443. The Kier molecular flexibility index (Phi) is 3.17. The van der Waals surface area contributed by atoms with Crippen LogP contribution in [-0.2, 0) is 4.79 Å². The first-order chi connectivity index (χ1) is 6.63. The Balaban J connectivity index is 2.80. The molecule has 5 nitrogen and oxygen atoms in total. The number of carbonyl (C=O) groups is 1. The average molecular weight is 198 g/mol. The molecule has 0 aliphatic rings. The zero-order valence-corrected chi connectivity index (χ0v) is 7.56. The number of carboxylic acid groups (broad SMARTS) is 1. The summed E-state index contributed by atoms with van der Waals surface area (Å²) in [5.74, 6) is -0.455. The van der Waals surface area contributed by atoms with Crippen LogP contribution >= 0.6 is 0 Å². The van der Waals surface area contributed by atoms with Gasteiger partial charge in [-0.3, -0.25) is 0 Å². The van der Waals surface area contributed by atoms with Crippen LogP contribution in [0.4, 0.5) is 0 Å². The smallest absolute Gasteiger partial charge is 0.341 e. The largest absolute Gasteiger partial charge is 0.508 e. The zero-order chi connectivity index (χ0) is 10.6. The minimum Gasteiger partial charge on any atom is -0.508 e. The van der Waals surface area contributed by atoms with Gasteiger partial charge in [-0.2, -0.15) is 0 Å². The minimum atomic E-state index is -1.07. The number of carboxylic acids is 1. The van der Waals surface area contributed by atoms with Gasteiger partial charge in [0, 0.05) is 6.07 Å². The first kappa shape index (κ1) is 10.2. The van der Waals surface area contributed by atoms with Gasteiger partial charge in [0.05, 0.1) is 7.11 Å². The second-order valence-electron chi connectivity index (χ2n) is 2.52. The average Bonchev–Trinajstić information content (AvgIpc) is 2.15. The van der Waals surface area contributed by atoms with E-state index in [1.54, 1.807) is 0 Å². The lowest BCUT2D eigenvalue weighted by Gasteiger charge is -2.08. The maximum Gasteiger partial charge on any atom is 0.341 e. The molecule has 1 aromatic carbocycles. The fraction of sp³-hybridized carbons (Fsp3) is 0.222. The fourth-order valence-electron chi connectivity index (χ4n) is 0.915. The normalized spacial score (nSPS) is 9.50. The van der Waals surface area contributed by atoms with Gasteiger partial charge in [0.2, 0.25) is 0 Å². The van der Waals surface area contributed by atoms with Crippen LogP contribution in [0.3, 0.4) is 0 Å². The molecular formula is C9H10O5. The van der Waals surface area contributed by atoms with Gasteiger partial charge in [-0.25, -0.2) is 4.79 Å². The molecule has 0 fully saturated rings. The summed E-state index contributed by atoms with van der Waals surface area (Å²) < 4.78 is 9.79. The molecule has 0 heterocycles. The third-order valence-corrected chi connectivity index (χ3v) is 1.50. The number of aliphatic carboxylic acids is 1. The first-order valence-corrected chi connectivity index (χ1v) is 3.85. The van der Waals surface area contributed by atoms with E-state index in [1.807, 2.05) is 0 Å². The minimum absolute atomic E-state index is 0.0320. The summed E-state index contributed by atoms with van der Waals surface area (Å²) in [5, 5.41) is 17.5. The van der Waals surface area contributed by atoms with Gasteiger partial charge in [-0.15, -0.1) is 0 Å². The van der Waals surface area contributed by atoms with Crippen LogP contribution in [0.25, 0.3) is 0 Å². The number of ether oxygens (including phenoxy) is 2. The van der Waals surface area contributed by atoms with Crippen molar-refractivity contribution in [2.45, 2.75) is 0 Å². The Morgan fingerprint density at radius 2 is 2.14 bits per heavy atom. The molecule has 1 aromatic rings. The molecule has 2 N–H and O–H groups in total. The Labute approximate surface area is 80.5 Å². The van der Waals surface area contributed by atoms with Gasteiger partial charge in [-0.05, 0) is 12.1 Å². The molecule has 0 atom stereocenters. The highest BCUT2D eigenvalue weighted by molar-refractivity contribution is 5.68. The molecule has 1 rings (SSSR count). The van der Waals surface area contributed by atoms with Crippen LogP contribution in [0.1, 0.15) is 0 Å². The molecule has 0 bridgehead atoms. The highest BCUT2D eigenvalue weighted by Crippen LogP contribution is 2.30. The molecule has 0 saturated carbocycles. The number of aromatic hydroxyl groups is 1. The van der Waals surface area contributed by atoms with Gasteiger partial charge in [0.25, 0.3) is 0 Å². The van der Waals surface area contributed by atoms with E-state index < -0.39 is 12.6 Å². The molecule has 0 aliphatic carbocycles. The predicted octanol–water partition coefficient (Wildman–Crippen LogP) is 0.864. The van der Waals surface area contributed by atoms with Crippen molar-refractivity contribution in [3.8, 4) is 17.2 Å². The lowest BCUT2D eigenvalue weighted by Crippen LogP contribution is -2.09. The maximum atomic E-state index is 10.2. The molecular weight excluding hydrogens is 188 g/mol. The second-order valence-corrected chi connectivity index (χ2v) is 2.52. The van der Waals surface area contributed by atoms with E-state index in [1.165, 1.54) is 25.3 Å². The number of benzene rings is 1. The van der Waals surface area contributed by atoms with Crippen LogP contribution in [0.5, 0.6) is 17.2 Å². The third kappa shape index (κ3) is 2.55. The Morgan fingerprint density at radius 3 is 2.71 bits per heavy atom. The predicted molar refractivity (Wildman–Crippen MR) is 47.8 cm³/mol. The standard InChI is InChI=1S/C9H10O5/c1-13-8-4-6(10)2-3-7(8)14-5-9(11)12/h2-4,10H,5H2,1H3,(H,11,12). The Hall–Kier alpha value is -1.91. The number of rotatable bonds is 4. The SMILES string of the molecule is COc1cc(O)ccc1OCC(=O)O. The summed E-state index contributed by atoms with van der Waals surface area (Å²) in [5.41, 5.74) is 0. The van der Waals surface area contributed by atoms with Gasteiger partial charge in [0.15, 0.2) is 18.1 Å². The summed E-state index contributed by atoms with van der Waals surface area (Å²) in [7, 11) is 1.41. The lowest BCUT2D eigenvalue weighted by molar-refractivity contribution is -0.139. The molecule has 0 amide bonds. The number of phenolic OH excluding ortho intramolecular Hbond substituents is 1. The summed E-state index contributed by atoms with van der Waals surface area (Å²) in [4.78, 5) is 10.2. The molecule has 0 spiro atoms. The van der Waals surface area contributed by atoms with E-state index in [-0.39, 0.29) is 11.5 Å². The summed E-state index contributed by atoms with van der Waals surface area (Å²) in [6.07, 6.45) is 0. The Morgan fingerprint density at radius 1 is 1.43 bits per heavy atom. The van der Waals surface area contributed by atoms with Crippen molar-refractivity contribution in [3.63, 3.8) is 0 Å². The van der Waals surface area contributed by atoms with Crippen molar-refractivity contribution in [2.75, 3.05) is 13.7 Å². The molecule has 0 aliphatic heterocycles. The van der Waals surface area contributed by atoms with E-state index in [0.717, 1.165) is 0 Å². The van der Waals surface area contributed by atoms with Crippen molar-refractivity contribution in [1.82, 2.24) is 0 Å². The molecule has 0 saturated heterocycles. The van der Waals surface area contributed by atoms with Crippen molar-refractivity contribution >= 4 is 5.97 Å². The van der Waals surface area contributed by atoms with Crippen molar-refractivity contribution < 1.29 is 24.5 Å². The van der Waals surface area contributed by atoms with E-state index in [9.17, 15) is 4.79 Å². The molecule has 0 radical (unpaired) electrons. The zero-order valence-electron chi connectivity index (χ0n) is 7.56. The number of phenols is 1. The highest BCUT2D eigenvalue weighted by Gasteiger charge is 2.06. The third-order valence-electron chi connectivity index (χ3n) is 1.50. The molecule has 5 heteroatoms. The van der Waals surface area contributed by atoms with Gasteiger partial charge < -0.3 is 19.7 Å².